The number of aromatic nitrogens is 1. The molecule has 2 aliphatic heterocycles. The number of hydrogen-bond acceptors (Lipinski definition) is 1. The number of halogens is 1. The second kappa shape index (κ2) is 3.82. The number of para-hydroxylation sites is 1. The lowest BCUT2D eigenvalue weighted by Gasteiger charge is -2.29. The normalized spacial score (nSPS) is 26.9. The Morgan fingerprint density at radius 2 is 2.28 bits per heavy atom. The number of aromatic amines is 1. The molecule has 2 atom stereocenters. The van der Waals surface area contributed by atoms with Crippen molar-refractivity contribution in [3.05, 3.63) is 35.3 Å². The van der Waals surface area contributed by atoms with Gasteiger partial charge in [-0.1, -0.05) is 12.1 Å². The van der Waals surface area contributed by atoms with Crippen molar-refractivity contribution in [1.29, 1.82) is 0 Å². The van der Waals surface area contributed by atoms with Gasteiger partial charge in [0.15, 0.2) is 0 Å². The van der Waals surface area contributed by atoms with Crippen molar-refractivity contribution in [1.82, 2.24) is 9.88 Å². The molecule has 1 fully saturated rings. The Labute approximate surface area is 107 Å². The predicted octanol–water partition coefficient (Wildman–Crippen LogP) is 3.29. The lowest BCUT2D eigenvalue weighted by Crippen LogP contribution is -2.33. The minimum Gasteiger partial charge on any atom is -0.355 e. The van der Waals surface area contributed by atoms with E-state index in [2.05, 4.69) is 16.0 Å². The minimum atomic E-state index is -0.117. The molecule has 2 nitrogen and oxygen atoms in total. The third kappa shape index (κ3) is 1.43. The van der Waals surface area contributed by atoms with Gasteiger partial charge in [-0.05, 0) is 37.4 Å². The van der Waals surface area contributed by atoms with Gasteiger partial charge in [-0.2, -0.15) is 0 Å². The number of fused-ring (bicyclic) bond motifs is 6. The van der Waals surface area contributed by atoms with Crippen molar-refractivity contribution in [2.24, 2.45) is 0 Å². The predicted molar refractivity (Wildman–Crippen MR) is 72.5 cm³/mol. The van der Waals surface area contributed by atoms with E-state index in [0.29, 0.717) is 11.4 Å². The molecule has 0 radical (unpaired) electrons. The number of hydrogen-bond donors (Lipinski definition) is 1. The Hall–Kier alpha value is -1.35. The molecule has 1 aromatic heterocycles. The molecule has 3 heterocycles. The number of H-pyrrole nitrogens is 1. The van der Waals surface area contributed by atoms with Crippen molar-refractivity contribution in [3.63, 3.8) is 0 Å². The van der Waals surface area contributed by atoms with Crippen LogP contribution in [0.15, 0.2) is 18.2 Å². The van der Waals surface area contributed by atoms with Gasteiger partial charge in [-0.3, -0.25) is 0 Å². The van der Waals surface area contributed by atoms with Gasteiger partial charge >= 0.3 is 0 Å². The summed E-state index contributed by atoms with van der Waals surface area (Å²) in [5.74, 6) is 0.455. The van der Waals surface area contributed by atoms with Gasteiger partial charge < -0.3 is 9.88 Å². The summed E-state index contributed by atoms with van der Waals surface area (Å²) in [4.78, 5) is 5.93. The van der Waals surface area contributed by atoms with E-state index in [1.807, 2.05) is 6.07 Å². The van der Waals surface area contributed by atoms with Gasteiger partial charge in [0, 0.05) is 31.5 Å². The van der Waals surface area contributed by atoms with Crippen LogP contribution in [0.2, 0.25) is 0 Å². The minimum absolute atomic E-state index is 0. The molecule has 18 heavy (non-hydrogen) atoms. The first kappa shape index (κ1) is 10.6. The maximum absolute atomic E-state index is 13.9. The summed E-state index contributed by atoms with van der Waals surface area (Å²) in [6.07, 6.45) is 3.55. The fourth-order valence-corrected chi connectivity index (χ4v) is 3.64. The Kier molecular flexibility index (Phi) is 2.24. The van der Waals surface area contributed by atoms with Gasteiger partial charge in [-0.15, -0.1) is 0 Å². The smallest absolute Gasteiger partial charge is 0.147 e. The average Bonchev–Trinajstić information content (AvgIpc) is 2.72. The fourth-order valence-electron chi connectivity index (χ4n) is 3.64. The first-order chi connectivity index (χ1) is 8.83. The average molecular weight is 246 g/mol. The van der Waals surface area contributed by atoms with Gasteiger partial charge in [0.1, 0.15) is 5.82 Å². The SMILES string of the molecule is Fc1cccc2c3c([nH]c12)C1CCCN(CC3)C1.[HH]. The van der Waals surface area contributed by atoms with Crippen LogP contribution >= 0.6 is 0 Å². The molecule has 3 heteroatoms. The van der Waals surface area contributed by atoms with E-state index in [4.69, 9.17) is 0 Å². The third-order valence-electron chi connectivity index (χ3n) is 4.52. The van der Waals surface area contributed by atoms with E-state index < -0.39 is 0 Å². The number of benzene rings is 1. The molecule has 4 rings (SSSR count). The van der Waals surface area contributed by atoms with Crippen LogP contribution in [0.25, 0.3) is 10.9 Å². The molecule has 2 aromatic rings. The maximum Gasteiger partial charge on any atom is 0.147 e. The van der Waals surface area contributed by atoms with Crippen molar-refractivity contribution in [2.75, 3.05) is 19.6 Å². The van der Waals surface area contributed by atoms with E-state index in [1.165, 1.54) is 30.6 Å². The Bertz CT molecular complexity index is 607. The zero-order chi connectivity index (χ0) is 12.1. The Balaban J connectivity index is 0.00000110. The molecule has 0 spiro atoms. The largest absolute Gasteiger partial charge is 0.355 e. The maximum atomic E-state index is 13.9. The third-order valence-corrected chi connectivity index (χ3v) is 4.52. The summed E-state index contributed by atoms with van der Waals surface area (Å²) < 4.78 is 13.9. The second-order valence-electron chi connectivity index (χ2n) is 5.57. The van der Waals surface area contributed by atoms with E-state index in [-0.39, 0.29) is 7.24 Å². The van der Waals surface area contributed by atoms with Crippen LogP contribution in [-0.2, 0) is 6.42 Å². The molecule has 1 aromatic carbocycles. The van der Waals surface area contributed by atoms with Crippen LogP contribution in [0.4, 0.5) is 4.39 Å². The highest BCUT2D eigenvalue weighted by molar-refractivity contribution is 5.85. The van der Waals surface area contributed by atoms with Crippen LogP contribution < -0.4 is 0 Å². The molecule has 1 saturated heterocycles. The molecular weight excluding hydrogens is 227 g/mol. The van der Waals surface area contributed by atoms with Crippen molar-refractivity contribution < 1.29 is 5.82 Å². The molecule has 2 unspecified atom stereocenters. The summed E-state index contributed by atoms with van der Waals surface area (Å²) >= 11 is 0. The topological polar surface area (TPSA) is 19.0 Å². The van der Waals surface area contributed by atoms with Gasteiger partial charge in [0.05, 0.1) is 5.52 Å². The molecule has 1 N–H and O–H groups in total. The van der Waals surface area contributed by atoms with E-state index in [9.17, 15) is 4.39 Å². The highest BCUT2D eigenvalue weighted by Crippen LogP contribution is 2.36. The monoisotopic (exact) mass is 246 g/mol. The Morgan fingerprint density at radius 3 is 3.22 bits per heavy atom. The number of nitrogens with zero attached hydrogens (tertiary/aromatic N) is 1. The van der Waals surface area contributed by atoms with Crippen LogP contribution in [0.5, 0.6) is 0 Å². The van der Waals surface area contributed by atoms with E-state index in [0.717, 1.165) is 24.9 Å². The number of nitrogens with one attached hydrogen (secondary N) is 1. The molecular formula is C15H19FN2. The van der Waals surface area contributed by atoms with E-state index >= 15 is 0 Å². The summed E-state index contributed by atoms with van der Waals surface area (Å²) in [5, 5.41) is 1.10. The zero-order valence-corrected chi connectivity index (χ0v) is 10.4. The molecule has 2 aliphatic rings. The molecule has 0 amide bonds. The fraction of sp³-hybridized carbons (Fsp3) is 0.467. The number of rotatable bonds is 0. The quantitative estimate of drug-likeness (QED) is 0.755. The lowest BCUT2D eigenvalue weighted by atomic mass is 9.93. The zero-order valence-electron chi connectivity index (χ0n) is 10.4. The molecule has 2 bridgehead atoms. The van der Waals surface area contributed by atoms with Crippen molar-refractivity contribution >= 4 is 10.9 Å². The van der Waals surface area contributed by atoms with Crippen LogP contribution in [0.1, 0.15) is 31.4 Å². The highest BCUT2D eigenvalue weighted by atomic mass is 19.1. The van der Waals surface area contributed by atoms with Crippen LogP contribution in [0.3, 0.4) is 0 Å². The first-order valence-corrected chi connectivity index (χ1v) is 6.84. The molecule has 0 aliphatic carbocycles. The van der Waals surface area contributed by atoms with Crippen LogP contribution in [-0.4, -0.2) is 29.5 Å². The standard InChI is InChI=1S/C15H17FN2.H2/c16-13-5-1-4-11-12-6-8-18-7-2-3-10(9-18)14(12)17-15(11)13;/h1,4-5,10,17H,2-3,6-9H2;1H. The van der Waals surface area contributed by atoms with Gasteiger partial charge in [0.2, 0.25) is 0 Å². The van der Waals surface area contributed by atoms with Crippen LogP contribution in [0, 0.1) is 5.82 Å². The van der Waals surface area contributed by atoms with Gasteiger partial charge in [-0.25, -0.2) is 4.39 Å². The van der Waals surface area contributed by atoms with Gasteiger partial charge in [0.25, 0.3) is 0 Å². The lowest BCUT2D eigenvalue weighted by molar-refractivity contribution is 0.217. The molecule has 96 valence electrons. The molecule has 0 saturated carbocycles. The Morgan fingerprint density at radius 1 is 1.33 bits per heavy atom. The summed E-state index contributed by atoms with van der Waals surface area (Å²) in [7, 11) is 0. The van der Waals surface area contributed by atoms with E-state index in [1.54, 1.807) is 6.07 Å². The van der Waals surface area contributed by atoms with Crippen molar-refractivity contribution in [3.8, 4) is 0 Å². The van der Waals surface area contributed by atoms with Crippen molar-refractivity contribution in [2.45, 2.75) is 25.2 Å². The first-order valence-electron chi connectivity index (χ1n) is 6.84. The second-order valence-corrected chi connectivity index (χ2v) is 5.57. The summed E-state index contributed by atoms with van der Waals surface area (Å²) in [5.41, 5.74) is 3.37. The number of piperidine rings is 1. The summed E-state index contributed by atoms with van der Waals surface area (Å²) in [6.45, 7) is 3.49. The highest BCUT2D eigenvalue weighted by Gasteiger charge is 2.29. The summed E-state index contributed by atoms with van der Waals surface area (Å²) in [6, 6.07) is 5.42.